The number of halogens is 6. The van der Waals surface area contributed by atoms with Crippen LogP contribution in [-0.4, -0.2) is 42.0 Å². The molecule has 1 atom stereocenters. The van der Waals surface area contributed by atoms with Crippen molar-refractivity contribution in [1.82, 2.24) is 9.80 Å². The minimum atomic E-state index is -4.88. The van der Waals surface area contributed by atoms with Crippen molar-refractivity contribution in [3.05, 3.63) is 77.7 Å². The van der Waals surface area contributed by atoms with Gasteiger partial charge in [0.05, 0.1) is 16.7 Å². The molecule has 0 spiro atoms. The van der Waals surface area contributed by atoms with E-state index in [1.165, 1.54) is 32.1 Å². The second kappa shape index (κ2) is 10.1. The van der Waals surface area contributed by atoms with Crippen molar-refractivity contribution in [3.63, 3.8) is 0 Å². The molecular formula is C27H31F6N2. The Morgan fingerprint density at radius 1 is 0.714 bits per heavy atom. The summed E-state index contributed by atoms with van der Waals surface area (Å²) in [6, 6.07) is 11.6. The van der Waals surface area contributed by atoms with Crippen LogP contribution >= 0.6 is 0 Å². The number of hydrogen-bond donors (Lipinski definition) is 0. The number of alkyl halides is 6. The van der Waals surface area contributed by atoms with Crippen LogP contribution in [0.2, 0.25) is 0 Å². The summed E-state index contributed by atoms with van der Waals surface area (Å²) in [6.07, 6.45) is -3.74. The highest BCUT2D eigenvalue weighted by molar-refractivity contribution is 5.37. The third kappa shape index (κ3) is 6.02. The van der Waals surface area contributed by atoms with Crippen molar-refractivity contribution >= 4 is 0 Å². The first kappa shape index (κ1) is 26.0. The lowest BCUT2D eigenvalue weighted by molar-refractivity contribution is -0.143. The molecule has 1 aliphatic heterocycles. The maximum absolute atomic E-state index is 13.5. The lowest BCUT2D eigenvalue weighted by atomic mass is 9.82. The maximum atomic E-state index is 13.5. The molecule has 0 aromatic heterocycles. The van der Waals surface area contributed by atoms with E-state index in [1.54, 1.807) is 0 Å². The molecule has 35 heavy (non-hydrogen) atoms. The van der Waals surface area contributed by atoms with Crippen LogP contribution < -0.4 is 0 Å². The van der Waals surface area contributed by atoms with Gasteiger partial charge in [-0.05, 0) is 55.5 Å². The molecule has 2 aliphatic rings. The van der Waals surface area contributed by atoms with Crippen molar-refractivity contribution in [2.45, 2.75) is 62.5 Å². The molecule has 1 unspecified atom stereocenters. The van der Waals surface area contributed by atoms with E-state index in [-0.39, 0.29) is 18.1 Å². The Kier molecular flexibility index (Phi) is 7.53. The standard InChI is InChI=1S/C27H31F6N2/c1-25(21-8-4-2-5-9-21,35-14-12-34(13-15-35)24-10-6-3-7-11-24)19-20-16-22(26(28,29)30)18-23(17-20)27(31,32)33/h2,4-5,8-9,16-18,24H,1,3,6-7,10-15,19H2. The van der Waals surface area contributed by atoms with E-state index >= 15 is 0 Å². The summed E-state index contributed by atoms with van der Waals surface area (Å²) in [6.45, 7) is 7.35. The summed E-state index contributed by atoms with van der Waals surface area (Å²) in [7, 11) is 0. The van der Waals surface area contributed by atoms with Gasteiger partial charge in [0, 0.05) is 32.2 Å². The average molecular weight is 498 g/mol. The molecule has 191 valence electrons. The van der Waals surface area contributed by atoms with Crippen molar-refractivity contribution in [2.75, 3.05) is 26.2 Å². The van der Waals surface area contributed by atoms with Crippen molar-refractivity contribution in [2.24, 2.45) is 0 Å². The summed E-state index contributed by atoms with van der Waals surface area (Å²) < 4.78 is 80.8. The molecule has 1 radical (unpaired) electrons. The zero-order valence-corrected chi connectivity index (χ0v) is 19.6. The molecule has 2 aromatic carbocycles. The molecule has 1 saturated heterocycles. The molecule has 0 N–H and O–H groups in total. The van der Waals surface area contributed by atoms with Gasteiger partial charge in [-0.15, -0.1) is 0 Å². The highest BCUT2D eigenvalue weighted by atomic mass is 19.4. The van der Waals surface area contributed by atoms with E-state index in [9.17, 15) is 26.3 Å². The van der Waals surface area contributed by atoms with Crippen LogP contribution in [0.15, 0.2) is 48.5 Å². The molecule has 0 bridgehead atoms. The smallest absolute Gasteiger partial charge is 0.298 e. The van der Waals surface area contributed by atoms with Crippen LogP contribution in [0.5, 0.6) is 0 Å². The van der Waals surface area contributed by atoms with Gasteiger partial charge in [-0.25, -0.2) is 0 Å². The van der Waals surface area contributed by atoms with Crippen molar-refractivity contribution < 1.29 is 26.3 Å². The normalized spacial score (nSPS) is 21.1. The molecule has 0 amide bonds. The summed E-state index contributed by atoms with van der Waals surface area (Å²) >= 11 is 0. The van der Waals surface area contributed by atoms with Crippen LogP contribution in [0, 0.1) is 6.92 Å². The number of benzene rings is 2. The molecule has 1 heterocycles. The number of piperazine rings is 1. The van der Waals surface area contributed by atoms with Crippen LogP contribution in [0.25, 0.3) is 0 Å². The van der Waals surface area contributed by atoms with Crippen molar-refractivity contribution in [1.29, 1.82) is 0 Å². The van der Waals surface area contributed by atoms with Gasteiger partial charge in [0.1, 0.15) is 0 Å². The third-order valence-corrected chi connectivity index (χ3v) is 7.47. The Morgan fingerprint density at radius 2 is 1.26 bits per heavy atom. The number of rotatable bonds is 5. The molecule has 2 fully saturated rings. The topological polar surface area (TPSA) is 6.48 Å². The zero-order valence-electron chi connectivity index (χ0n) is 19.6. The van der Waals surface area contributed by atoms with Crippen molar-refractivity contribution in [3.8, 4) is 0 Å². The zero-order chi connectivity index (χ0) is 25.3. The van der Waals surface area contributed by atoms with E-state index < -0.39 is 29.0 Å². The molecule has 1 aliphatic carbocycles. The maximum Gasteiger partial charge on any atom is 0.416 e. The monoisotopic (exact) mass is 497 g/mol. The van der Waals surface area contributed by atoms with Gasteiger partial charge >= 0.3 is 12.4 Å². The van der Waals surface area contributed by atoms with Crippen LogP contribution in [0.3, 0.4) is 0 Å². The summed E-state index contributed by atoms with van der Waals surface area (Å²) in [5.74, 6) is 0. The Labute approximate surface area is 202 Å². The number of hydrogen-bond acceptors (Lipinski definition) is 2. The van der Waals surface area contributed by atoms with Gasteiger partial charge in [-0.1, -0.05) is 49.6 Å². The summed E-state index contributed by atoms with van der Waals surface area (Å²) in [5, 5.41) is 0. The van der Waals surface area contributed by atoms with Gasteiger partial charge in [0.2, 0.25) is 0 Å². The fraction of sp³-hybridized carbons (Fsp3) is 0.519. The first-order chi connectivity index (χ1) is 16.5. The number of nitrogens with zero attached hydrogens (tertiary/aromatic N) is 2. The van der Waals surface area contributed by atoms with E-state index in [1.807, 2.05) is 30.3 Å². The fourth-order valence-electron chi connectivity index (χ4n) is 5.57. The second-order valence-electron chi connectivity index (χ2n) is 9.80. The van der Waals surface area contributed by atoms with Crippen LogP contribution in [0.4, 0.5) is 26.3 Å². The quantitative estimate of drug-likeness (QED) is 0.413. The lowest BCUT2D eigenvalue weighted by Crippen LogP contribution is -2.57. The van der Waals surface area contributed by atoms with Gasteiger partial charge in [-0.2, -0.15) is 26.3 Å². The predicted molar refractivity (Wildman–Crippen MR) is 124 cm³/mol. The highest BCUT2D eigenvalue weighted by Gasteiger charge is 2.40. The minimum absolute atomic E-state index is 0.0271. The molecular weight excluding hydrogens is 466 g/mol. The Bertz CT molecular complexity index is 941. The van der Waals surface area contributed by atoms with Crippen LogP contribution in [-0.2, 0) is 24.3 Å². The lowest BCUT2D eigenvalue weighted by Gasteiger charge is -2.48. The first-order valence-corrected chi connectivity index (χ1v) is 12.2. The van der Waals surface area contributed by atoms with Gasteiger partial charge in [-0.3, -0.25) is 9.80 Å². The molecule has 2 nitrogen and oxygen atoms in total. The van der Waals surface area contributed by atoms with Gasteiger partial charge in [0.25, 0.3) is 0 Å². The summed E-state index contributed by atoms with van der Waals surface area (Å²) in [5.41, 5.74) is -2.83. The Morgan fingerprint density at radius 3 is 1.77 bits per heavy atom. The molecule has 2 aromatic rings. The minimum Gasteiger partial charge on any atom is -0.298 e. The largest absolute Gasteiger partial charge is 0.416 e. The van der Waals surface area contributed by atoms with E-state index in [4.69, 9.17) is 0 Å². The van der Waals surface area contributed by atoms with Gasteiger partial charge in [0.15, 0.2) is 0 Å². The fourth-order valence-corrected chi connectivity index (χ4v) is 5.57. The first-order valence-electron chi connectivity index (χ1n) is 12.2. The summed E-state index contributed by atoms with van der Waals surface area (Å²) in [4.78, 5) is 4.60. The van der Waals surface area contributed by atoms with E-state index in [0.717, 1.165) is 30.8 Å². The molecule has 1 saturated carbocycles. The molecule has 8 heteroatoms. The van der Waals surface area contributed by atoms with E-state index in [2.05, 4.69) is 16.7 Å². The second-order valence-corrected chi connectivity index (χ2v) is 9.80. The van der Waals surface area contributed by atoms with Crippen LogP contribution in [0.1, 0.15) is 54.4 Å². The third-order valence-electron chi connectivity index (χ3n) is 7.47. The average Bonchev–Trinajstić information content (AvgIpc) is 2.84. The molecule has 4 rings (SSSR count). The van der Waals surface area contributed by atoms with E-state index in [0.29, 0.717) is 19.1 Å². The highest BCUT2D eigenvalue weighted by Crippen LogP contribution is 2.39. The SMILES string of the molecule is [CH2]C(Cc1cc(C(F)(F)F)cc(C(F)(F)F)c1)(c1ccccc1)N1CCN(C2CCCCC2)CC1. The Hall–Kier alpha value is -2.06. The van der Waals surface area contributed by atoms with Gasteiger partial charge < -0.3 is 0 Å². The Balaban J connectivity index is 1.64. The predicted octanol–water partition coefficient (Wildman–Crippen LogP) is 6.95.